The smallest absolute Gasteiger partial charge is 0.311 e. The molecule has 0 saturated heterocycles. The first-order chi connectivity index (χ1) is 7.85. The standard InChI is InChI=1S/C13H26F3N/c1-4-5-6-7-8-9-11(2)17-12(3)10-13(14,15)16/h11-12,17H,4-10H2,1-3H3. The highest BCUT2D eigenvalue weighted by atomic mass is 19.4. The Bertz CT molecular complexity index is 180. The molecule has 0 heterocycles. The van der Waals surface area contributed by atoms with Crippen LogP contribution in [0.3, 0.4) is 0 Å². The van der Waals surface area contributed by atoms with E-state index in [4.69, 9.17) is 0 Å². The molecule has 1 N–H and O–H groups in total. The van der Waals surface area contributed by atoms with Crippen LogP contribution in [0, 0.1) is 0 Å². The number of hydrogen-bond acceptors (Lipinski definition) is 1. The third-order valence-corrected chi connectivity index (χ3v) is 2.85. The molecule has 17 heavy (non-hydrogen) atoms. The highest BCUT2D eigenvalue weighted by Gasteiger charge is 2.30. The monoisotopic (exact) mass is 253 g/mol. The lowest BCUT2D eigenvalue weighted by Gasteiger charge is -2.21. The fourth-order valence-corrected chi connectivity index (χ4v) is 2.03. The van der Waals surface area contributed by atoms with Crippen molar-refractivity contribution in [1.82, 2.24) is 5.32 Å². The van der Waals surface area contributed by atoms with Crippen LogP contribution in [0.15, 0.2) is 0 Å². The Morgan fingerprint density at radius 2 is 1.53 bits per heavy atom. The fraction of sp³-hybridized carbons (Fsp3) is 1.00. The van der Waals surface area contributed by atoms with Gasteiger partial charge in [0.05, 0.1) is 6.42 Å². The van der Waals surface area contributed by atoms with E-state index in [0.717, 1.165) is 12.8 Å². The van der Waals surface area contributed by atoms with Crippen LogP contribution < -0.4 is 5.32 Å². The van der Waals surface area contributed by atoms with Crippen molar-refractivity contribution in [3.05, 3.63) is 0 Å². The van der Waals surface area contributed by atoms with Gasteiger partial charge < -0.3 is 5.32 Å². The van der Waals surface area contributed by atoms with Gasteiger partial charge in [0.2, 0.25) is 0 Å². The summed E-state index contributed by atoms with van der Waals surface area (Å²) >= 11 is 0. The molecule has 0 aliphatic rings. The summed E-state index contributed by atoms with van der Waals surface area (Å²) in [6.45, 7) is 5.73. The maximum absolute atomic E-state index is 12.1. The molecule has 0 fully saturated rings. The topological polar surface area (TPSA) is 12.0 Å². The van der Waals surface area contributed by atoms with E-state index in [1.54, 1.807) is 6.92 Å². The molecule has 0 spiro atoms. The quantitative estimate of drug-likeness (QED) is 0.589. The molecule has 0 aliphatic heterocycles. The maximum atomic E-state index is 12.1. The highest BCUT2D eigenvalue weighted by molar-refractivity contribution is 4.70. The molecule has 0 aromatic rings. The van der Waals surface area contributed by atoms with E-state index in [1.807, 2.05) is 6.92 Å². The van der Waals surface area contributed by atoms with Crippen molar-refractivity contribution >= 4 is 0 Å². The zero-order valence-electron chi connectivity index (χ0n) is 11.2. The molecule has 1 nitrogen and oxygen atoms in total. The minimum absolute atomic E-state index is 0.175. The van der Waals surface area contributed by atoms with E-state index in [-0.39, 0.29) is 6.04 Å². The molecule has 0 rings (SSSR count). The predicted molar refractivity (Wildman–Crippen MR) is 66.1 cm³/mol. The highest BCUT2D eigenvalue weighted by Crippen LogP contribution is 2.21. The number of hydrogen-bond donors (Lipinski definition) is 1. The van der Waals surface area contributed by atoms with Crippen LogP contribution in [0.4, 0.5) is 13.2 Å². The average molecular weight is 253 g/mol. The predicted octanol–water partition coefficient (Wildman–Crippen LogP) is 4.67. The van der Waals surface area contributed by atoms with Crippen molar-refractivity contribution < 1.29 is 13.2 Å². The molecule has 0 bridgehead atoms. The van der Waals surface area contributed by atoms with Crippen molar-refractivity contribution in [2.75, 3.05) is 0 Å². The molecular weight excluding hydrogens is 227 g/mol. The molecule has 0 radical (unpaired) electrons. The summed E-state index contributed by atoms with van der Waals surface area (Å²) in [7, 11) is 0. The second kappa shape index (κ2) is 8.78. The minimum Gasteiger partial charge on any atom is -0.311 e. The number of halogens is 3. The Balaban J connectivity index is 3.54. The van der Waals surface area contributed by atoms with Crippen LogP contribution in [-0.2, 0) is 0 Å². The summed E-state index contributed by atoms with van der Waals surface area (Å²) in [5.74, 6) is 0. The van der Waals surface area contributed by atoms with E-state index in [1.165, 1.54) is 25.7 Å². The van der Waals surface area contributed by atoms with Crippen molar-refractivity contribution in [3.8, 4) is 0 Å². The molecule has 2 unspecified atom stereocenters. The Morgan fingerprint density at radius 1 is 0.941 bits per heavy atom. The first-order valence-corrected chi connectivity index (χ1v) is 6.68. The third-order valence-electron chi connectivity index (χ3n) is 2.85. The minimum atomic E-state index is -4.06. The van der Waals surface area contributed by atoms with Crippen molar-refractivity contribution in [2.24, 2.45) is 0 Å². The van der Waals surface area contributed by atoms with Crippen molar-refractivity contribution in [3.63, 3.8) is 0 Å². The molecular formula is C13H26F3N. The SMILES string of the molecule is CCCCCCCC(C)NC(C)CC(F)(F)F. The lowest BCUT2D eigenvalue weighted by molar-refractivity contribution is -0.139. The summed E-state index contributed by atoms with van der Waals surface area (Å²) in [5.41, 5.74) is 0. The molecule has 104 valence electrons. The van der Waals surface area contributed by atoms with Gasteiger partial charge in [-0.3, -0.25) is 0 Å². The third kappa shape index (κ3) is 12.0. The molecule has 0 aromatic carbocycles. The van der Waals surface area contributed by atoms with Gasteiger partial charge in [0.1, 0.15) is 0 Å². The van der Waals surface area contributed by atoms with Crippen molar-refractivity contribution in [2.45, 2.75) is 84.0 Å². The fourth-order valence-electron chi connectivity index (χ4n) is 2.03. The van der Waals surface area contributed by atoms with E-state index in [9.17, 15) is 13.2 Å². The normalized spacial score (nSPS) is 15.9. The summed E-state index contributed by atoms with van der Waals surface area (Å²) in [5, 5.41) is 3.01. The molecule has 0 saturated carbocycles. The van der Waals surface area contributed by atoms with E-state index < -0.39 is 18.6 Å². The van der Waals surface area contributed by atoms with Crippen LogP contribution in [-0.4, -0.2) is 18.3 Å². The van der Waals surface area contributed by atoms with Gasteiger partial charge in [-0.2, -0.15) is 13.2 Å². The Kier molecular flexibility index (Phi) is 8.66. The molecule has 0 aromatic heterocycles. The number of alkyl halides is 3. The van der Waals surface area contributed by atoms with Crippen LogP contribution in [0.2, 0.25) is 0 Å². The number of rotatable bonds is 9. The van der Waals surface area contributed by atoms with Crippen LogP contribution in [0.1, 0.15) is 65.7 Å². The van der Waals surface area contributed by atoms with Gasteiger partial charge in [-0.05, 0) is 20.3 Å². The lowest BCUT2D eigenvalue weighted by atomic mass is 10.1. The van der Waals surface area contributed by atoms with Crippen LogP contribution >= 0.6 is 0 Å². The second-order valence-corrected chi connectivity index (χ2v) is 4.99. The van der Waals surface area contributed by atoms with Crippen LogP contribution in [0.5, 0.6) is 0 Å². The molecule has 0 aliphatic carbocycles. The number of nitrogens with one attached hydrogen (secondary N) is 1. The first-order valence-electron chi connectivity index (χ1n) is 6.68. The second-order valence-electron chi connectivity index (χ2n) is 4.99. The van der Waals surface area contributed by atoms with Crippen molar-refractivity contribution in [1.29, 1.82) is 0 Å². The first kappa shape index (κ1) is 16.8. The van der Waals surface area contributed by atoms with Gasteiger partial charge in [0, 0.05) is 12.1 Å². The van der Waals surface area contributed by atoms with Gasteiger partial charge in [-0.1, -0.05) is 39.0 Å². The summed E-state index contributed by atoms with van der Waals surface area (Å²) in [6.07, 6.45) is 2.16. The summed E-state index contributed by atoms with van der Waals surface area (Å²) < 4.78 is 36.3. The Hall–Kier alpha value is -0.250. The Morgan fingerprint density at radius 3 is 2.06 bits per heavy atom. The van der Waals surface area contributed by atoms with Crippen LogP contribution in [0.25, 0.3) is 0 Å². The maximum Gasteiger partial charge on any atom is 0.390 e. The molecule has 2 atom stereocenters. The van der Waals surface area contributed by atoms with Gasteiger partial charge in [0.25, 0.3) is 0 Å². The van der Waals surface area contributed by atoms with E-state index >= 15 is 0 Å². The average Bonchev–Trinajstić information content (AvgIpc) is 2.14. The summed E-state index contributed by atoms with van der Waals surface area (Å²) in [4.78, 5) is 0. The van der Waals surface area contributed by atoms with E-state index in [0.29, 0.717) is 0 Å². The Labute approximate surface area is 103 Å². The largest absolute Gasteiger partial charge is 0.390 e. The number of unbranched alkanes of at least 4 members (excludes halogenated alkanes) is 4. The molecule has 0 amide bonds. The summed E-state index contributed by atoms with van der Waals surface area (Å²) in [6, 6.07) is -0.311. The van der Waals surface area contributed by atoms with Gasteiger partial charge in [-0.15, -0.1) is 0 Å². The zero-order chi connectivity index (χ0) is 13.3. The molecule has 4 heteroatoms. The van der Waals surface area contributed by atoms with Gasteiger partial charge >= 0.3 is 6.18 Å². The zero-order valence-corrected chi connectivity index (χ0v) is 11.2. The van der Waals surface area contributed by atoms with Gasteiger partial charge in [0.15, 0.2) is 0 Å². The van der Waals surface area contributed by atoms with E-state index in [2.05, 4.69) is 12.2 Å². The van der Waals surface area contributed by atoms with Gasteiger partial charge in [-0.25, -0.2) is 0 Å². The lowest BCUT2D eigenvalue weighted by Crippen LogP contribution is -2.37.